The third kappa shape index (κ3) is 6.29. The summed E-state index contributed by atoms with van der Waals surface area (Å²) >= 11 is 5.67. The van der Waals surface area contributed by atoms with Crippen molar-refractivity contribution in [2.45, 2.75) is 87.3 Å². The van der Waals surface area contributed by atoms with Crippen molar-refractivity contribution in [3.8, 4) is 5.75 Å². The van der Waals surface area contributed by atoms with Crippen LogP contribution in [-0.4, -0.2) is 73.1 Å². The van der Waals surface area contributed by atoms with Gasteiger partial charge in [0.15, 0.2) is 6.61 Å². The number of alkyl halides is 3. The van der Waals surface area contributed by atoms with Crippen molar-refractivity contribution >= 4 is 17.5 Å². The molecule has 0 spiro atoms. The Kier molecular flexibility index (Phi) is 8.31. The molecule has 3 aliphatic carbocycles. The lowest BCUT2D eigenvalue weighted by molar-refractivity contribution is -0.176. The Bertz CT molecular complexity index is 1040. The lowest BCUT2D eigenvalue weighted by Crippen LogP contribution is -2.66. The molecule has 218 valence electrons. The summed E-state index contributed by atoms with van der Waals surface area (Å²) in [4.78, 5) is 18.4. The molecule has 5 fully saturated rings. The van der Waals surface area contributed by atoms with Crippen LogP contribution in [0.4, 0.5) is 17.6 Å². The fraction of sp³-hybridized carbons (Fsp3) is 0.720. The average Bonchev–Trinajstić information content (AvgIpc) is 3.38. The number of piperidine rings is 1. The van der Waals surface area contributed by atoms with Crippen LogP contribution in [0.2, 0.25) is 5.02 Å². The Balaban J connectivity index is 1.09. The molecule has 0 radical (unpaired) electrons. The monoisotopic (exact) mass is 580 g/mol. The number of amides is 1. The molecule has 2 saturated heterocycles. The van der Waals surface area contributed by atoms with E-state index in [-0.39, 0.29) is 42.9 Å². The van der Waals surface area contributed by atoms with Gasteiger partial charge in [0, 0.05) is 17.0 Å². The van der Waals surface area contributed by atoms with Gasteiger partial charge in [-0.15, -0.1) is 0 Å². The summed E-state index contributed by atoms with van der Waals surface area (Å²) in [5.74, 6) is -0.821. The van der Waals surface area contributed by atoms with Gasteiger partial charge < -0.3 is 25.2 Å². The van der Waals surface area contributed by atoms with Crippen molar-refractivity contribution < 1.29 is 41.8 Å². The number of nitrogens with one attached hydrogen (secondary N) is 4. The average molecular weight is 581 g/mol. The fourth-order valence-corrected chi connectivity index (χ4v) is 6.36. The normalized spacial score (nSPS) is 36.6. The van der Waals surface area contributed by atoms with Crippen molar-refractivity contribution in [1.82, 2.24) is 21.4 Å². The number of benzene rings is 1. The Labute approximate surface area is 228 Å². The first kappa shape index (κ1) is 28.8. The molecule has 2 aliphatic heterocycles. The van der Waals surface area contributed by atoms with Gasteiger partial charge in [0.2, 0.25) is 0 Å². The first-order valence-corrected chi connectivity index (χ1v) is 13.5. The quantitative estimate of drug-likeness (QED) is 0.298. The van der Waals surface area contributed by atoms with Gasteiger partial charge in [-0.25, -0.2) is 4.39 Å². The number of aliphatic hydroxyl groups excluding tert-OH is 1. The van der Waals surface area contributed by atoms with E-state index in [0.717, 1.165) is 6.07 Å². The molecule has 9 nitrogen and oxygen atoms in total. The third-order valence-electron chi connectivity index (χ3n) is 8.50. The minimum Gasteiger partial charge on any atom is -0.484 e. The standard InChI is InChI=1S/C25H33ClF4N4O5/c26-16-2-1-14(9-17(16)27)38-13-21(36)33-23-4-6-24(7-5-23,19(35)11-23)22-32-20(34-39-22)12-37-15-3-8-31-18(10-15)25(28,29)30/h1-2,9,15,18-20,22,31-32,34-35H,3-8,10-13H2,(H,33,36). The molecule has 1 amide bonds. The lowest BCUT2D eigenvalue weighted by atomic mass is 9.55. The maximum atomic E-state index is 13.6. The van der Waals surface area contributed by atoms with Crippen LogP contribution in [-0.2, 0) is 14.4 Å². The van der Waals surface area contributed by atoms with Crippen LogP contribution in [0, 0.1) is 11.2 Å². The molecule has 1 aromatic rings. The third-order valence-corrected chi connectivity index (χ3v) is 8.81. The molecule has 1 aromatic carbocycles. The van der Waals surface area contributed by atoms with Gasteiger partial charge >= 0.3 is 6.18 Å². The Morgan fingerprint density at radius 1 is 1.26 bits per heavy atom. The van der Waals surface area contributed by atoms with Crippen LogP contribution in [0.25, 0.3) is 0 Å². The summed E-state index contributed by atoms with van der Waals surface area (Å²) in [5, 5.41) is 19.9. The SMILES string of the molecule is O=C(COc1ccc(Cl)c(F)c1)NC12CCC(C3NC(COC4CCNC(C(F)(F)F)C4)NO3)(CC1)C(O)C2. The number of fused-ring (bicyclic) bond motifs is 3. The van der Waals surface area contributed by atoms with E-state index in [1.807, 2.05) is 0 Å². The number of aliphatic hydroxyl groups is 1. The van der Waals surface area contributed by atoms with E-state index < -0.39 is 53.6 Å². The molecule has 5 N–H and O–H groups in total. The minimum atomic E-state index is -4.31. The highest BCUT2D eigenvalue weighted by molar-refractivity contribution is 6.30. The number of carbonyl (C=O) groups is 1. The summed E-state index contributed by atoms with van der Waals surface area (Å²) in [6.07, 6.45) is -3.42. The zero-order chi connectivity index (χ0) is 27.8. The Hall–Kier alpha value is -1.74. The van der Waals surface area contributed by atoms with Crippen molar-refractivity contribution in [2.24, 2.45) is 5.41 Å². The van der Waals surface area contributed by atoms with Crippen LogP contribution in [0.5, 0.6) is 5.75 Å². The molecular weight excluding hydrogens is 548 g/mol. The molecule has 2 bridgehead atoms. The first-order valence-electron chi connectivity index (χ1n) is 13.1. The zero-order valence-corrected chi connectivity index (χ0v) is 21.9. The second kappa shape index (κ2) is 11.3. The van der Waals surface area contributed by atoms with Crippen molar-refractivity contribution in [2.75, 3.05) is 19.8 Å². The predicted octanol–water partition coefficient (Wildman–Crippen LogP) is 2.51. The lowest BCUT2D eigenvalue weighted by Gasteiger charge is -2.57. The first-order chi connectivity index (χ1) is 18.5. The van der Waals surface area contributed by atoms with Gasteiger partial charge in [-0.05, 0) is 63.6 Å². The van der Waals surface area contributed by atoms with E-state index in [1.54, 1.807) is 0 Å². The molecule has 3 saturated carbocycles. The van der Waals surface area contributed by atoms with Crippen LogP contribution in [0.15, 0.2) is 18.2 Å². The zero-order valence-electron chi connectivity index (χ0n) is 21.2. The topological polar surface area (TPSA) is 113 Å². The highest BCUT2D eigenvalue weighted by atomic mass is 35.5. The molecule has 39 heavy (non-hydrogen) atoms. The maximum Gasteiger partial charge on any atom is 0.403 e. The van der Waals surface area contributed by atoms with Crippen LogP contribution < -0.4 is 26.2 Å². The summed E-state index contributed by atoms with van der Waals surface area (Å²) in [7, 11) is 0. The number of hydroxylamine groups is 1. The van der Waals surface area contributed by atoms with E-state index in [9.17, 15) is 27.5 Å². The molecule has 0 aromatic heterocycles. The van der Waals surface area contributed by atoms with Crippen molar-refractivity contribution in [3.05, 3.63) is 29.0 Å². The minimum absolute atomic E-state index is 0.0387. The van der Waals surface area contributed by atoms with Crippen LogP contribution >= 0.6 is 11.6 Å². The van der Waals surface area contributed by atoms with E-state index >= 15 is 0 Å². The van der Waals surface area contributed by atoms with E-state index in [0.29, 0.717) is 38.5 Å². The highest BCUT2D eigenvalue weighted by Crippen LogP contribution is 2.54. The number of halogens is 5. The van der Waals surface area contributed by atoms with Gasteiger partial charge in [0.05, 0.1) is 23.8 Å². The van der Waals surface area contributed by atoms with Crippen LogP contribution in [0.1, 0.15) is 44.9 Å². The summed E-state index contributed by atoms with van der Waals surface area (Å²) < 4.78 is 63.9. The van der Waals surface area contributed by atoms with Gasteiger partial charge in [0.25, 0.3) is 5.91 Å². The Morgan fingerprint density at radius 2 is 2.03 bits per heavy atom. The molecule has 6 rings (SSSR count). The molecule has 5 aliphatic rings. The van der Waals surface area contributed by atoms with Gasteiger partial charge in [-0.3, -0.25) is 14.9 Å². The van der Waals surface area contributed by atoms with E-state index in [2.05, 4.69) is 21.4 Å². The summed E-state index contributed by atoms with van der Waals surface area (Å²) in [6.45, 7) is 0.0536. The van der Waals surface area contributed by atoms with Crippen molar-refractivity contribution in [1.29, 1.82) is 0 Å². The second-order valence-corrected chi connectivity index (χ2v) is 11.4. The predicted molar refractivity (Wildman–Crippen MR) is 131 cm³/mol. The maximum absolute atomic E-state index is 13.6. The van der Waals surface area contributed by atoms with Crippen LogP contribution in [0.3, 0.4) is 0 Å². The summed E-state index contributed by atoms with van der Waals surface area (Å²) in [5.41, 5.74) is 1.70. The Morgan fingerprint density at radius 3 is 2.72 bits per heavy atom. The number of hydrogen-bond donors (Lipinski definition) is 5. The highest BCUT2D eigenvalue weighted by Gasteiger charge is 2.59. The molecular formula is C25H33ClF4N4O5. The van der Waals surface area contributed by atoms with Gasteiger partial charge in [0.1, 0.15) is 30.0 Å². The molecule has 14 heteroatoms. The number of hydrogen-bond acceptors (Lipinski definition) is 8. The molecule has 5 atom stereocenters. The molecule has 2 heterocycles. The molecule has 5 unspecified atom stereocenters. The fourth-order valence-electron chi connectivity index (χ4n) is 6.25. The largest absolute Gasteiger partial charge is 0.484 e. The number of rotatable bonds is 8. The number of ether oxygens (including phenoxy) is 2. The van der Waals surface area contributed by atoms with Crippen molar-refractivity contribution in [3.63, 3.8) is 0 Å². The van der Waals surface area contributed by atoms with Gasteiger partial charge in [-0.1, -0.05) is 11.6 Å². The van der Waals surface area contributed by atoms with Gasteiger partial charge in [-0.2, -0.15) is 18.7 Å². The van der Waals surface area contributed by atoms with E-state index in [4.69, 9.17) is 25.9 Å². The number of carbonyl (C=O) groups excluding carboxylic acids is 1. The van der Waals surface area contributed by atoms with E-state index in [1.165, 1.54) is 12.1 Å². The smallest absolute Gasteiger partial charge is 0.403 e. The second-order valence-electron chi connectivity index (χ2n) is 11.0. The summed E-state index contributed by atoms with van der Waals surface area (Å²) in [6, 6.07) is 2.36.